The van der Waals surface area contributed by atoms with E-state index < -0.39 is 23.2 Å². The fraction of sp³-hybridized carbons (Fsp3) is 0.333. The van der Waals surface area contributed by atoms with Gasteiger partial charge in [-0.05, 0) is 45.0 Å². The summed E-state index contributed by atoms with van der Waals surface area (Å²) < 4.78 is 15.7. The molecule has 0 aliphatic carbocycles. The van der Waals surface area contributed by atoms with Crippen LogP contribution < -0.4 is 14.8 Å². The Balaban J connectivity index is 1.92. The third-order valence-corrected chi connectivity index (χ3v) is 5.07. The van der Waals surface area contributed by atoms with Crippen LogP contribution in [0, 0.1) is 6.92 Å². The third kappa shape index (κ3) is 5.92. The second kappa shape index (κ2) is 10.0. The Hall–Kier alpha value is -2.67. The summed E-state index contributed by atoms with van der Waals surface area (Å²) in [6.07, 6.45) is -0.929. The summed E-state index contributed by atoms with van der Waals surface area (Å²) in [5.41, 5.74) is 1.67. The van der Waals surface area contributed by atoms with E-state index in [1.807, 2.05) is 31.2 Å². The van der Waals surface area contributed by atoms with E-state index in [9.17, 15) is 9.59 Å². The number of carbonyl (C=O) groups excluding carboxylic acids is 2. The maximum absolute atomic E-state index is 12.4. The fourth-order valence-electron chi connectivity index (χ4n) is 2.35. The minimum absolute atomic E-state index is 0.423. The molecule has 28 heavy (non-hydrogen) atoms. The first-order valence-electron chi connectivity index (χ1n) is 8.80. The van der Waals surface area contributed by atoms with Crippen molar-refractivity contribution in [3.63, 3.8) is 0 Å². The standard InChI is InChI=1S/C21H25NO5S/c1-13-6-9-17(10-7-13)28-15(3)21(24)27-14(2)20(23)22-16-8-11-18(25-4)19(12-16)26-5/h6-12,14-15H,1-5H3,(H,22,23)/t14-,15-/m0/s1. The maximum atomic E-state index is 12.4. The lowest BCUT2D eigenvalue weighted by atomic mass is 10.2. The largest absolute Gasteiger partial charge is 0.493 e. The zero-order valence-corrected chi connectivity index (χ0v) is 17.5. The Morgan fingerprint density at radius 1 is 0.964 bits per heavy atom. The van der Waals surface area contributed by atoms with E-state index in [0.717, 1.165) is 10.5 Å². The molecule has 2 atom stereocenters. The molecule has 1 amide bonds. The number of hydrogen-bond donors (Lipinski definition) is 1. The molecule has 2 rings (SSSR count). The highest BCUT2D eigenvalue weighted by Crippen LogP contribution is 2.30. The maximum Gasteiger partial charge on any atom is 0.319 e. The molecule has 7 heteroatoms. The quantitative estimate of drug-likeness (QED) is 0.529. The molecule has 150 valence electrons. The van der Waals surface area contributed by atoms with Crippen molar-refractivity contribution in [1.82, 2.24) is 0 Å². The minimum atomic E-state index is -0.929. The van der Waals surface area contributed by atoms with Crippen molar-refractivity contribution in [2.45, 2.75) is 37.0 Å². The molecule has 0 radical (unpaired) electrons. The minimum Gasteiger partial charge on any atom is -0.493 e. The zero-order chi connectivity index (χ0) is 20.7. The van der Waals surface area contributed by atoms with Crippen LogP contribution in [0.2, 0.25) is 0 Å². The average Bonchev–Trinajstić information content (AvgIpc) is 2.69. The first-order chi connectivity index (χ1) is 13.3. The van der Waals surface area contributed by atoms with E-state index in [-0.39, 0.29) is 0 Å². The van der Waals surface area contributed by atoms with Gasteiger partial charge in [0.15, 0.2) is 17.6 Å². The summed E-state index contributed by atoms with van der Waals surface area (Å²) in [5, 5.41) is 2.28. The van der Waals surface area contributed by atoms with Gasteiger partial charge in [0, 0.05) is 16.6 Å². The molecule has 2 aromatic carbocycles. The summed E-state index contributed by atoms with van der Waals surface area (Å²) in [4.78, 5) is 25.6. The van der Waals surface area contributed by atoms with E-state index in [0.29, 0.717) is 17.2 Å². The van der Waals surface area contributed by atoms with Crippen LogP contribution in [0.5, 0.6) is 11.5 Å². The Morgan fingerprint density at radius 3 is 2.21 bits per heavy atom. The summed E-state index contributed by atoms with van der Waals surface area (Å²) >= 11 is 1.39. The number of thioether (sulfide) groups is 1. The zero-order valence-electron chi connectivity index (χ0n) is 16.6. The summed E-state index contributed by atoms with van der Waals surface area (Å²) in [7, 11) is 3.05. The molecule has 0 spiro atoms. The number of aryl methyl sites for hydroxylation is 1. The van der Waals surface area contributed by atoms with E-state index >= 15 is 0 Å². The molecule has 0 aliphatic rings. The van der Waals surface area contributed by atoms with Gasteiger partial charge >= 0.3 is 5.97 Å². The predicted molar refractivity (Wildman–Crippen MR) is 110 cm³/mol. The van der Waals surface area contributed by atoms with Crippen LogP contribution in [0.25, 0.3) is 0 Å². The van der Waals surface area contributed by atoms with Gasteiger partial charge in [0.05, 0.1) is 14.2 Å². The van der Waals surface area contributed by atoms with Crippen LogP contribution in [-0.4, -0.2) is 37.4 Å². The molecule has 0 bridgehead atoms. The number of anilines is 1. The molecule has 2 aromatic rings. The Kier molecular flexibility index (Phi) is 7.75. The second-order valence-corrected chi connectivity index (χ2v) is 7.63. The lowest BCUT2D eigenvalue weighted by Crippen LogP contribution is -2.32. The van der Waals surface area contributed by atoms with E-state index in [2.05, 4.69) is 5.32 Å². The number of esters is 1. The molecule has 0 saturated heterocycles. The van der Waals surface area contributed by atoms with E-state index in [4.69, 9.17) is 14.2 Å². The lowest BCUT2D eigenvalue weighted by molar-refractivity contribution is -0.152. The van der Waals surface area contributed by atoms with Gasteiger partial charge in [-0.1, -0.05) is 17.7 Å². The second-order valence-electron chi connectivity index (χ2n) is 6.21. The van der Waals surface area contributed by atoms with Crippen molar-refractivity contribution in [3.8, 4) is 11.5 Å². The average molecular weight is 404 g/mol. The number of amides is 1. The van der Waals surface area contributed by atoms with Gasteiger partial charge < -0.3 is 19.5 Å². The van der Waals surface area contributed by atoms with Crippen molar-refractivity contribution < 1.29 is 23.8 Å². The number of rotatable bonds is 8. The SMILES string of the molecule is COc1ccc(NC(=O)[C@H](C)OC(=O)[C@H](C)Sc2ccc(C)cc2)cc1OC. The number of methoxy groups -OCH3 is 2. The number of nitrogens with one attached hydrogen (secondary N) is 1. The van der Waals surface area contributed by atoms with Crippen molar-refractivity contribution in [1.29, 1.82) is 0 Å². The molecule has 1 N–H and O–H groups in total. The number of benzene rings is 2. The number of hydrogen-bond acceptors (Lipinski definition) is 6. The fourth-order valence-corrected chi connectivity index (χ4v) is 3.20. The van der Waals surface area contributed by atoms with Gasteiger partial charge in [-0.2, -0.15) is 0 Å². The highest BCUT2D eigenvalue weighted by atomic mass is 32.2. The van der Waals surface area contributed by atoms with E-state index in [1.54, 1.807) is 25.1 Å². The first-order valence-corrected chi connectivity index (χ1v) is 9.68. The van der Waals surface area contributed by atoms with Crippen molar-refractivity contribution >= 4 is 29.3 Å². The molecule has 0 heterocycles. The van der Waals surface area contributed by atoms with Gasteiger partial charge in [0.1, 0.15) is 5.25 Å². The summed E-state index contributed by atoms with van der Waals surface area (Å²) in [6.45, 7) is 5.30. The van der Waals surface area contributed by atoms with Crippen LogP contribution in [0.3, 0.4) is 0 Å². The predicted octanol–water partition coefficient (Wildman–Crippen LogP) is 4.06. The van der Waals surface area contributed by atoms with Crippen molar-refractivity contribution in [2.75, 3.05) is 19.5 Å². The third-order valence-electron chi connectivity index (χ3n) is 3.98. The van der Waals surface area contributed by atoms with E-state index in [1.165, 1.54) is 32.9 Å². The molecular formula is C21H25NO5S. The molecular weight excluding hydrogens is 378 g/mol. The summed E-state index contributed by atoms with van der Waals surface area (Å²) in [6, 6.07) is 12.9. The monoisotopic (exact) mass is 403 g/mol. The Labute approximate surface area is 169 Å². The van der Waals surface area contributed by atoms with Crippen LogP contribution in [-0.2, 0) is 14.3 Å². The van der Waals surface area contributed by atoms with Gasteiger partial charge in [0.25, 0.3) is 5.91 Å². The molecule has 0 saturated carbocycles. The van der Waals surface area contributed by atoms with Crippen LogP contribution in [0.15, 0.2) is 47.4 Å². The van der Waals surface area contributed by atoms with Gasteiger partial charge in [0.2, 0.25) is 0 Å². The molecule has 0 unspecified atom stereocenters. The Bertz CT molecular complexity index is 822. The highest BCUT2D eigenvalue weighted by molar-refractivity contribution is 8.00. The number of carbonyl (C=O) groups is 2. The topological polar surface area (TPSA) is 73.9 Å². The normalized spacial score (nSPS) is 12.6. The summed E-state index contributed by atoms with van der Waals surface area (Å²) in [5.74, 6) is 0.184. The first kappa shape index (κ1) is 21.6. The molecule has 0 aromatic heterocycles. The van der Waals surface area contributed by atoms with Crippen LogP contribution >= 0.6 is 11.8 Å². The molecule has 6 nitrogen and oxygen atoms in total. The van der Waals surface area contributed by atoms with Crippen LogP contribution in [0.4, 0.5) is 5.69 Å². The van der Waals surface area contributed by atoms with Gasteiger partial charge in [-0.25, -0.2) is 0 Å². The molecule has 0 fully saturated rings. The van der Waals surface area contributed by atoms with Gasteiger partial charge in [-0.15, -0.1) is 11.8 Å². The van der Waals surface area contributed by atoms with Gasteiger partial charge in [-0.3, -0.25) is 9.59 Å². The van der Waals surface area contributed by atoms with Crippen molar-refractivity contribution in [3.05, 3.63) is 48.0 Å². The molecule has 0 aliphatic heterocycles. The van der Waals surface area contributed by atoms with Crippen molar-refractivity contribution in [2.24, 2.45) is 0 Å². The smallest absolute Gasteiger partial charge is 0.319 e. The Morgan fingerprint density at radius 2 is 1.61 bits per heavy atom. The number of ether oxygens (including phenoxy) is 3. The van der Waals surface area contributed by atoms with Crippen LogP contribution in [0.1, 0.15) is 19.4 Å². The highest BCUT2D eigenvalue weighted by Gasteiger charge is 2.23. The lowest BCUT2D eigenvalue weighted by Gasteiger charge is -2.17.